The minimum atomic E-state index is -0.454. The van der Waals surface area contributed by atoms with Gasteiger partial charge in [0.15, 0.2) is 18.1 Å². The summed E-state index contributed by atoms with van der Waals surface area (Å²) in [5.74, 6) is 0.522. The quantitative estimate of drug-likeness (QED) is 0.483. The predicted molar refractivity (Wildman–Crippen MR) is 88.2 cm³/mol. The second kappa shape index (κ2) is 8.43. The fourth-order valence-corrected chi connectivity index (χ4v) is 1.77. The van der Waals surface area contributed by atoms with Crippen LogP contribution in [0.4, 0.5) is 5.69 Å². The van der Waals surface area contributed by atoms with E-state index in [0.29, 0.717) is 11.5 Å². The normalized spacial score (nSPS) is 10.3. The van der Waals surface area contributed by atoms with Gasteiger partial charge in [-0.2, -0.15) is 5.10 Å². The fraction of sp³-hybridized carbons (Fsp3) is 0.176. The Bertz CT molecular complexity index is 672. The molecule has 6 heteroatoms. The number of rotatable bonds is 7. The summed E-state index contributed by atoms with van der Waals surface area (Å²) in [6, 6.07) is 14.9. The smallest absolute Gasteiger partial charge is 0.343 e. The Morgan fingerprint density at radius 2 is 1.91 bits per heavy atom. The molecule has 0 atom stereocenters. The van der Waals surface area contributed by atoms with Crippen molar-refractivity contribution in [3.05, 3.63) is 54.1 Å². The highest BCUT2D eigenvalue weighted by atomic mass is 16.6. The average Bonchev–Trinajstić information content (AvgIpc) is 2.61. The molecular formula is C17H18N2O4. The number of para-hydroxylation sites is 1. The second-order valence-electron chi connectivity index (χ2n) is 4.51. The van der Waals surface area contributed by atoms with E-state index in [2.05, 4.69) is 15.3 Å². The van der Waals surface area contributed by atoms with E-state index in [4.69, 9.17) is 9.47 Å². The van der Waals surface area contributed by atoms with Crippen molar-refractivity contribution in [1.82, 2.24) is 0 Å². The number of benzene rings is 2. The largest absolute Gasteiger partial charge is 0.493 e. The lowest BCUT2D eigenvalue weighted by molar-refractivity contribution is -0.142. The summed E-state index contributed by atoms with van der Waals surface area (Å²) in [7, 11) is 2.84. The molecule has 0 spiro atoms. The molecule has 2 aromatic rings. The maximum Gasteiger partial charge on any atom is 0.343 e. The molecule has 1 N–H and O–H groups in total. The van der Waals surface area contributed by atoms with Crippen molar-refractivity contribution >= 4 is 17.9 Å². The first-order chi connectivity index (χ1) is 11.2. The Morgan fingerprint density at radius 3 is 2.61 bits per heavy atom. The van der Waals surface area contributed by atoms with Crippen molar-refractivity contribution in [3.63, 3.8) is 0 Å². The molecule has 0 aromatic heterocycles. The molecule has 6 nitrogen and oxygen atoms in total. The molecule has 0 saturated carbocycles. The topological polar surface area (TPSA) is 69.2 Å². The van der Waals surface area contributed by atoms with Gasteiger partial charge in [0.25, 0.3) is 0 Å². The van der Waals surface area contributed by atoms with Crippen LogP contribution in [0.2, 0.25) is 0 Å². The van der Waals surface area contributed by atoms with Crippen molar-refractivity contribution in [2.75, 3.05) is 26.3 Å². The molecule has 0 radical (unpaired) electrons. The molecule has 23 heavy (non-hydrogen) atoms. The summed E-state index contributed by atoms with van der Waals surface area (Å²) in [5.41, 5.74) is 4.66. The van der Waals surface area contributed by atoms with E-state index in [1.165, 1.54) is 14.2 Å². The molecular weight excluding hydrogens is 296 g/mol. The number of nitrogens with one attached hydrogen (secondary N) is 1. The molecule has 0 aliphatic carbocycles. The molecule has 2 aromatic carbocycles. The molecule has 120 valence electrons. The number of nitrogens with zero attached hydrogens (tertiary/aromatic N) is 1. The van der Waals surface area contributed by atoms with Crippen LogP contribution in [0.15, 0.2) is 53.6 Å². The second-order valence-corrected chi connectivity index (χ2v) is 4.51. The van der Waals surface area contributed by atoms with Crippen molar-refractivity contribution in [2.45, 2.75) is 0 Å². The zero-order valence-corrected chi connectivity index (χ0v) is 13.0. The van der Waals surface area contributed by atoms with Crippen LogP contribution < -0.4 is 14.9 Å². The Labute approximate surface area is 134 Å². The van der Waals surface area contributed by atoms with Gasteiger partial charge in [-0.15, -0.1) is 0 Å². The monoisotopic (exact) mass is 314 g/mol. The van der Waals surface area contributed by atoms with Gasteiger partial charge >= 0.3 is 5.97 Å². The van der Waals surface area contributed by atoms with E-state index >= 15 is 0 Å². The van der Waals surface area contributed by atoms with Crippen LogP contribution in [0, 0.1) is 0 Å². The highest BCUT2D eigenvalue weighted by molar-refractivity contribution is 5.81. The minimum Gasteiger partial charge on any atom is -0.493 e. The van der Waals surface area contributed by atoms with Crippen molar-refractivity contribution in [1.29, 1.82) is 0 Å². The SMILES string of the molecule is COC(=O)COc1ccc(C=NNc2ccccc2)cc1OC. The van der Waals surface area contributed by atoms with Gasteiger partial charge in [0, 0.05) is 0 Å². The zero-order valence-electron chi connectivity index (χ0n) is 13.0. The van der Waals surface area contributed by atoms with E-state index < -0.39 is 5.97 Å². The number of hydrogen-bond acceptors (Lipinski definition) is 6. The fourth-order valence-electron chi connectivity index (χ4n) is 1.77. The maximum atomic E-state index is 11.1. The van der Waals surface area contributed by atoms with Crippen LogP contribution >= 0.6 is 0 Å². The zero-order chi connectivity index (χ0) is 16.5. The third-order valence-corrected chi connectivity index (χ3v) is 2.94. The lowest BCUT2D eigenvalue weighted by Crippen LogP contribution is -2.13. The van der Waals surface area contributed by atoms with Crippen molar-refractivity contribution < 1.29 is 19.0 Å². The molecule has 0 amide bonds. The number of hydrazone groups is 1. The number of carbonyl (C=O) groups is 1. The summed E-state index contributed by atoms with van der Waals surface area (Å²) in [6.45, 7) is -0.171. The van der Waals surface area contributed by atoms with Crippen LogP contribution in [-0.2, 0) is 9.53 Å². The van der Waals surface area contributed by atoms with E-state index in [0.717, 1.165) is 11.3 Å². The number of anilines is 1. The first-order valence-electron chi connectivity index (χ1n) is 6.94. The average molecular weight is 314 g/mol. The molecule has 0 unspecified atom stereocenters. The third-order valence-electron chi connectivity index (χ3n) is 2.94. The van der Waals surface area contributed by atoms with Crippen LogP contribution in [0.25, 0.3) is 0 Å². The highest BCUT2D eigenvalue weighted by Gasteiger charge is 2.08. The predicted octanol–water partition coefficient (Wildman–Crippen LogP) is 2.69. The standard InChI is InChI=1S/C17H18N2O4/c1-21-16-10-13(8-9-15(16)23-12-17(20)22-2)11-18-19-14-6-4-3-5-7-14/h3-11,19H,12H2,1-2H3. The van der Waals surface area contributed by atoms with Crippen LogP contribution in [0.5, 0.6) is 11.5 Å². The molecule has 0 aliphatic rings. The van der Waals surface area contributed by atoms with Gasteiger partial charge in [0.1, 0.15) is 0 Å². The first-order valence-corrected chi connectivity index (χ1v) is 6.94. The molecule has 0 aliphatic heterocycles. The van der Waals surface area contributed by atoms with Crippen LogP contribution in [0.3, 0.4) is 0 Å². The van der Waals surface area contributed by atoms with Crippen molar-refractivity contribution in [3.8, 4) is 11.5 Å². The number of hydrogen-bond donors (Lipinski definition) is 1. The van der Waals surface area contributed by atoms with E-state index in [1.54, 1.807) is 18.3 Å². The Morgan fingerprint density at radius 1 is 1.13 bits per heavy atom. The van der Waals surface area contributed by atoms with Gasteiger partial charge in [-0.25, -0.2) is 4.79 Å². The van der Waals surface area contributed by atoms with E-state index in [-0.39, 0.29) is 6.61 Å². The van der Waals surface area contributed by atoms with Crippen LogP contribution in [-0.4, -0.2) is 33.0 Å². The van der Waals surface area contributed by atoms with Gasteiger partial charge in [0.2, 0.25) is 0 Å². The van der Waals surface area contributed by atoms with Crippen LogP contribution in [0.1, 0.15) is 5.56 Å². The van der Waals surface area contributed by atoms with Crippen molar-refractivity contribution in [2.24, 2.45) is 5.10 Å². The third kappa shape index (κ3) is 5.03. The summed E-state index contributed by atoms with van der Waals surface area (Å²) in [4.78, 5) is 11.1. The molecule has 0 saturated heterocycles. The summed E-state index contributed by atoms with van der Waals surface area (Å²) >= 11 is 0. The van der Waals surface area contributed by atoms with Gasteiger partial charge in [-0.1, -0.05) is 18.2 Å². The van der Waals surface area contributed by atoms with E-state index in [1.807, 2.05) is 36.4 Å². The number of carbonyl (C=O) groups excluding carboxylic acids is 1. The minimum absolute atomic E-state index is 0.171. The maximum absolute atomic E-state index is 11.1. The molecule has 0 bridgehead atoms. The summed E-state index contributed by atoms with van der Waals surface area (Å²) in [6.07, 6.45) is 1.67. The van der Waals surface area contributed by atoms with Gasteiger partial charge in [-0.05, 0) is 35.9 Å². The molecule has 0 heterocycles. The van der Waals surface area contributed by atoms with E-state index in [9.17, 15) is 4.79 Å². The number of methoxy groups -OCH3 is 2. The number of esters is 1. The molecule has 2 rings (SSSR count). The lowest BCUT2D eigenvalue weighted by Gasteiger charge is -2.10. The van der Waals surface area contributed by atoms with Gasteiger partial charge in [-0.3, -0.25) is 5.43 Å². The Balaban J connectivity index is 2.01. The first kappa shape index (κ1) is 16.4. The summed E-state index contributed by atoms with van der Waals surface area (Å²) in [5, 5.41) is 4.16. The van der Waals surface area contributed by atoms with Gasteiger partial charge in [0.05, 0.1) is 26.1 Å². The Hall–Kier alpha value is -3.02. The van der Waals surface area contributed by atoms with Gasteiger partial charge < -0.3 is 14.2 Å². The molecule has 0 fully saturated rings. The highest BCUT2D eigenvalue weighted by Crippen LogP contribution is 2.27. The summed E-state index contributed by atoms with van der Waals surface area (Å²) < 4.78 is 15.1. The lowest BCUT2D eigenvalue weighted by atomic mass is 10.2. The Kier molecular flexibility index (Phi) is 5.99. The number of ether oxygens (including phenoxy) is 3.